The molecule has 0 atom stereocenters. The maximum absolute atomic E-state index is 12.6. The van der Waals surface area contributed by atoms with Gasteiger partial charge in [-0.05, 0) is 67.8 Å². The van der Waals surface area contributed by atoms with Gasteiger partial charge in [-0.2, -0.15) is 0 Å². The second-order valence-electron chi connectivity index (χ2n) is 8.59. The van der Waals surface area contributed by atoms with Crippen LogP contribution >= 0.6 is 0 Å². The van der Waals surface area contributed by atoms with E-state index in [1.54, 1.807) is 55.6 Å². The summed E-state index contributed by atoms with van der Waals surface area (Å²) in [5, 5.41) is 8.42. The fourth-order valence-corrected chi connectivity index (χ4v) is 4.40. The number of carbonyl (C=O) groups excluding carboxylic acids is 4. The third kappa shape index (κ3) is 5.03. The van der Waals surface area contributed by atoms with Crippen LogP contribution in [0.2, 0.25) is 0 Å². The van der Waals surface area contributed by atoms with E-state index in [4.69, 9.17) is 4.74 Å². The van der Waals surface area contributed by atoms with Gasteiger partial charge in [0.05, 0.1) is 7.11 Å². The number of benzene rings is 2. The van der Waals surface area contributed by atoms with Crippen LogP contribution in [0.25, 0.3) is 0 Å². The third-order valence-corrected chi connectivity index (χ3v) is 6.27. The summed E-state index contributed by atoms with van der Waals surface area (Å²) in [5.41, 5.74) is 0.937. The summed E-state index contributed by atoms with van der Waals surface area (Å²) in [6.45, 7) is 0.213. The SMILES string of the molecule is COc1ccc(NC(=O)c2ccc(NC(=O)CCCN3C(=O)NC4(CCCC4)C3=O)cc2)cc1. The largest absolute Gasteiger partial charge is 0.497 e. The van der Waals surface area contributed by atoms with Gasteiger partial charge in [0.15, 0.2) is 0 Å². The molecule has 5 amide bonds. The first-order valence-electron chi connectivity index (χ1n) is 11.4. The Morgan fingerprint density at radius 2 is 1.59 bits per heavy atom. The van der Waals surface area contributed by atoms with Gasteiger partial charge in [0.25, 0.3) is 11.8 Å². The molecule has 2 aromatic carbocycles. The van der Waals surface area contributed by atoms with E-state index in [1.807, 2.05) is 0 Å². The number of rotatable bonds is 8. The molecule has 178 valence electrons. The average Bonchev–Trinajstić information content (AvgIpc) is 3.40. The molecule has 9 heteroatoms. The number of nitrogens with one attached hydrogen (secondary N) is 3. The predicted molar refractivity (Wildman–Crippen MR) is 127 cm³/mol. The zero-order chi connectivity index (χ0) is 24.1. The molecular weight excluding hydrogens is 436 g/mol. The van der Waals surface area contributed by atoms with Crippen molar-refractivity contribution < 1.29 is 23.9 Å². The van der Waals surface area contributed by atoms with Gasteiger partial charge < -0.3 is 20.7 Å². The molecule has 0 bridgehead atoms. The molecule has 34 heavy (non-hydrogen) atoms. The number of hydrogen-bond acceptors (Lipinski definition) is 5. The molecule has 1 aliphatic heterocycles. The van der Waals surface area contributed by atoms with Gasteiger partial charge in [-0.3, -0.25) is 19.3 Å². The number of nitrogens with zero attached hydrogens (tertiary/aromatic N) is 1. The molecule has 3 N–H and O–H groups in total. The van der Waals surface area contributed by atoms with Crippen molar-refractivity contribution in [1.82, 2.24) is 10.2 Å². The quantitative estimate of drug-likeness (QED) is 0.517. The van der Waals surface area contributed by atoms with Gasteiger partial charge in [-0.1, -0.05) is 12.8 Å². The summed E-state index contributed by atoms with van der Waals surface area (Å²) in [4.78, 5) is 50.8. The molecule has 2 aliphatic rings. The first-order valence-corrected chi connectivity index (χ1v) is 11.4. The molecule has 1 spiro atoms. The lowest BCUT2D eigenvalue weighted by atomic mass is 9.98. The van der Waals surface area contributed by atoms with Crippen molar-refractivity contribution in [2.45, 2.75) is 44.1 Å². The summed E-state index contributed by atoms with van der Waals surface area (Å²) >= 11 is 0. The lowest BCUT2D eigenvalue weighted by Crippen LogP contribution is -2.44. The van der Waals surface area contributed by atoms with Crippen LogP contribution in [-0.2, 0) is 9.59 Å². The van der Waals surface area contributed by atoms with Crippen LogP contribution in [0.5, 0.6) is 5.75 Å². The standard InChI is InChI=1S/C25H28N4O5/c1-34-20-12-10-19(11-13-20)27-22(31)17-6-8-18(9-7-17)26-21(30)5-4-16-29-23(32)25(28-24(29)33)14-2-3-15-25/h6-13H,2-5,14-16H2,1H3,(H,26,30)(H,27,31)(H,28,33). The van der Waals surface area contributed by atoms with Crippen molar-refractivity contribution in [3.05, 3.63) is 54.1 Å². The first-order chi connectivity index (χ1) is 16.4. The van der Waals surface area contributed by atoms with E-state index in [2.05, 4.69) is 16.0 Å². The van der Waals surface area contributed by atoms with Crippen LogP contribution in [0.3, 0.4) is 0 Å². The highest BCUT2D eigenvalue weighted by atomic mass is 16.5. The van der Waals surface area contributed by atoms with Gasteiger partial charge in [0.2, 0.25) is 5.91 Å². The molecule has 0 radical (unpaired) electrons. The summed E-state index contributed by atoms with van der Waals surface area (Å²) in [6.07, 6.45) is 3.78. The lowest BCUT2D eigenvalue weighted by Gasteiger charge is -2.19. The maximum atomic E-state index is 12.6. The van der Waals surface area contributed by atoms with E-state index in [1.165, 1.54) is 4.90 Å². The first kappa shape index (κ1) is 23.3. The minimum atomic E-state index is -0.721. The Morgan fingerprint density at radius 1 is 0.971 bits per heavy atom. The van der Waals surface area contributed by atoms with Gasteiger partial charge in [0, 0.05) is 29.9 Å². The third-order valence-electron chi connectivity index (χ3n) is 6.27. The van der Waals surface area contributed by atoms with Crippen LogP contribution < -0.4 is 20.7 Å². The van der Waals surface area contributed by atoms with Crippen molar-refractivity contribution in [2.24, 2.45) is 0 Å². The topological polar surface area (TPSA) is 117 Å². The molecule has 1 saturated heterocycles. The van der Waals surface area contributed by atoms with E-state index in [0.717, 1.165) is 12.8 Å². The Hall–Kier alpha value is -3.88. The number of anilines is 2. The van der Waals surface area contributed by atoms with Crippen molar-refractivity contribution in [3.8, 4) is 5.75 Å². The number of hydrogen-bond donors (Lipinski definition) is 3. The minimum Gasteiger partial charge on any atom is -0.497 e. The zero-order valence-electron chi connectivity index (χ0n) is 19.1. The van der Waals surface area contributed by atoms with E-state index in [0.29, 0.717) is 42.0 Å². The molecule has 0 unspecified atom stereocenters. The molecule has 1 aliphatic carbocycles. The van der Waals surface area contributed by atoms with E-state index < -0.39 is 5.54 Å². The van der Waals surface area contributed by atoms with Gasteiger partial charge in [-0.15, -0.1) is 0 Å². The highest BCUT2D eigenvalue weighted by molar-refractivity contribution is 6.07. The Morgan fingerprint density at radius 3 is 2.24 bits per heavy atom. The molecule has 1 heterocycles. The van der Waals surface area contributed by atoms with Crippen molar-refractivity contribution in [1.29, 1.82) is 0 Å². The van der Waals surface area contributed by atoms with Crippen LogP contribution in [0, 0.1) is 0 Å². The van der Waals surface area contributed by atoms with Crippen LogP contribution in [0.4, 0.5) is 16.2 Å². The number of amides is 5. The molecule has 2 aromatic rings. The number of carbonyl (C=O) groups is 4. The Bertz CT molecular complexity index is 1080. The van der Waals surface area contributed by atoms with Gasteiger partial charge >= 0.3 is 6.03 Å². The summed E-state index contributed by atoms with van der Waals surface area (Å²) in [7, 11) is 1.58. The zero-order valence-corrected chi connectivity index (χ0v) is 19.1. The van der Waals surface area contributed by atoms with Crippen LogP contribution in [0.15, 0.2) is 48.5 Å². The summed E-state index contributed by atoms with van der Waals surface area (Å²) < 4.78 is 5.10. The second kappa shape index (κ2) is 9.94. The normalized spacial score (nSPS) is 16.4. The Balaban J connectivity index is 1.23. The second-order valence-corrected chi connectivity index (χ2v) is 8.59. The minimum absolute atomic E-state index is 0.168. The van der Waals surface area contributed by atoms with Crippen molar-refractivity contribution in [2.75, 3.05) is 24.3 Å². The monoisotopic (exact) mass is 464 g/mol. The fourth-order valence-electron chi connectivity index (χ4n) is 4.40. The number of ether oxygens (including phenoxy) is 1. The summed E-state index contributed by atoms with van der Waals surface area (Å²) in [6, 6.07) is 13.2. The summed E-state index contributed by atoms with van der Waals surface area (Å²) in [5.74, 6) is 0.0414. The molecule has 9 nitrogen and oxygen atoms in total. The van der Waals surface area contributed by atoms with Gasteiger partial charge in [0.1, 0.15) is 11.3 Å². The van der Waals surface area contributed by atoms with E-state index in [-0.39, 0.29) is 36.7 Å². The van der Waals surface area contributed by atoms with E-state index >= 15 is 0 Å². The van der Waals surface area contributed by atoms with Crippen molar-refractivity contribution >= 4 is 35.1 Å². The molecular formula is C25H28N4O5. The lowest BCUT2D eigenvalue weighted by molar-refractivity contribution is -0.131. The molecule has 4 rings (SSSR count). The average molecular weight is 465 g/mol. The van der Waals surface area contributed by atoms with Gasteiger partial charge in [-0.25, -0.2) is 4.79 Å². The predicted octanol–water partition coefficient (Wildman–Crippen LogP) is 3.53. The smallest absolute Gasteiger partial charge is 0.325 e. The number of methoxy groups -OCH3 is 1. The highest BCUT2D eigenvalue weighted by Crippen LogP contribution is 2.35. The molecule has 0 aromatic heterocycles. The fraction of sp³-hybridized carbons (Fsp3) is 0.360. The Kier molecular flexibility index (Phi) is 6.81. The maximum Gasteiger partial charge on any atom is 0.325 e. The van der Waals surface area contributed by atoms with E-state index in [9.17, 15) is 19.2 Å². The van der Waals surface area contributed by atoms with Crippen LogP contribution in [-0.4, -0.2) is 47.8 Å². The molecule has 2 fully saturated rings. The molecule has 1 saturated carbocycles. The van der Waals surface area contributed by atoms with Crippen LogP contribution in [0.1, 0.15) is 48.9 Å². The number of imide groups is 1. The number of urea groups is 1. The highest BCUT2D eigenvalue weighted by Gasteiger charge is 2.52. The Labute approximate surface area is 197 Å². The van der Waals surface area contributed by atoms with Crippen molar-refractivity contribution in [3.63, 3.8) is 0 Å².